The van der Waals surface area contributed by atoms with Gasteiger partial charge in [-0.1, -0.05) is 13.3 Å². The third kappa shape index (κ3) is 2.79. The van der Waals surface area contributed by atoms with Crippen LogP contribution in [0.1, 0.15) is 46.0 Å². The molecule has 1 aliphatic carbocycles. The summed E-state index contributed by atoms with van der Waals surface area (Å²) in [4.78, 5) is 25.4. The minimum absolute atomic E-state index is 0.00584. The molecule has 96 valence electrons. The normalized spacial score (nSPS) is 27.6. The number of hydrogen-bond acceptors (Lipinski definition) is 2. The van der Waals surface area contributed by atoms with Crippen molar-refractivity contribution in [1.82, 2.24) is 10.2 Å². The fourth-order valence-corrected chi connectivity index (χ4v) is 2.75. The quantitative estimate of drug-likeness (QED) is 0.802. The van der Waals surface area contributed by atoms with Gasteiger partial charge < -0.3 is 10.2 Å². The predicted octanol–water partition coefficient (Wildman–Crippen LogP) is 1.30. The zero-order valence-corrected chi connectivity index (χ0v) is 10.8. The van der Waals surface area contributed by atoms with Gasteiger partial charge in [-0.05, 0) is 31.6 Å². The lowest BCUT2D eigenvalue weighted by Crippen LogP contribution is -2.44. The molecule has 1 atom stereocenters. The van der Waals surface area contributed by atoms with E-state index >= 15 is 0 Å². The van der Waals surface area contributed by atoms with E-state index in [1.807, 2.05) is 4.90 Å². The second-order valence-electron chi connectivity index (χ2n) is 5.55. The number of rotatable bonds is 4. The molecule has 0 bridgehead atoms. The molecule has 4 heteroatoms. The van der Waals surface area contributed by atoms with Crippen LogP contribution in [-0.4, -0.2) is 35.8 Å². The van der Waals surface area contributed by atoms with Gasteiger partial charge in [-0.25, -0.2) is 0 Å². The summed E-state index contributed by atoms with van der Waals surface area (Å²) in [5.41, 5.74) is 0.373. The molecule has 17 heavy (non-hydrogen) atoms. The molecule has 2 rings (SSSR count). The van der Waals surface area contributed by atoms with Gasteiger partial charge in [-0.3, -0.25) is 9.59 Å². The molecule has 0 radical (unpaired) electrons. The summed E-state index contributed by atoms with van der Waals surface area (Å²) < 4.78 is 0. The van der Waals surface area contributed by atoms with Crippen molar-refractivity contribution < 1.29 is 9.59 Å². The Kier molecular flexibility index (Phi) is 3.40. The maximum atomic E-state index is 12.1. The first-order valence-corrected chi connectivity index (χ1v) is 6.64. The zero-order chi connectivity index (χ0) is 12.5. The third-order valence-electron chi connectivity index (χ3n) is 3.93. The number of hydrogen-bond donors (Lipinski definition) is 1. The molecule has 1 heterocycles. The number of amides is 2. The summed E-state index contributed by atoms with van der Waals surface area (Å²) >= 11 is 0. The van der Waals surface area contributed by atoms with Crippen LogP contribution in [-0.2, 0) is 9.59 Å². The highest BCUT2D eigenvalue weighted by atomic mass is 16.2. The molecule has 2 amide bonds. The van der Waals surface area contributed by atoms with E-state index in [1.54, 1.807) is 6.92 Å². The minimum atomic E-state index is -0.359. The van der Waals surface area contributed by atoms with Gasteiger partial charge in [0.2, 0.25) is 11.8 Å². The van der Waals surface area contributed by atoms with Gasteiger partial charge in [0.05, 0.1) is 0 Å². The topological polar surface area (TPSA) is 49.4 Å². The lowest BCUT2D eigenvalue weighted by Gasteiger charge is -2.27. The van der Waals surface area contributed by atoms with E-state index in [1.165, 1.54) is 25.7 Å². The average molecular weight is 238 g/mol. The first kappa shape index (κ1) is 12.4. The van der Waals surface area contributed by atoms with E-state index in [2.05, 4.69) is 12.2 Å². The minimum Gasteiger partial charge on any atom is -0.345 e. The molecular formula is C13H22N2O2. The second-order valence-corrected chi connectivity index (χ2v) is 5.55. The highest BCUT2D eigenvalue weighted by Gasteiger charge is 2.44. The Bertz CT molecular complexity index is 323. The number of carbonyl (C=O) groups excluding carboxylic acids is 2. The van der Waals surface area contributed by atoms with Gasteiger partial charge in [-0.2, -0.15) is 0 Å². The van der Waals surface area contributed by atoms with Crippen molar-refractivity contribution in [3.63, 3.8) is 0 Å². The number of carbonyl (C=O) groups is 2. The molecular weight excluding hydrogens is 216 g/mol. The van der Waals surface area contributed by atoms with Crippen molar-refractivity contribution in [2.45, 2.75) is 52.0 Å². The molecule has 1 N–H and O–H groups in total. The van der Waals surface area contributed by atoms with Crippen LogP contribution in [0.3, 0.4) is 0 Å². The molecule has 2 aliphatic rings. The maximum absolute atomic E-state index is 12.1. The molecule has 4 nitrogen and oxygen atoms in total. The Labute approximate surface area is 103 Å². The Morgan fingerprint density at radius 3 is 2.71 bits per heavy atom. The summed E-state index contributed by atoms with van der Waals surface area (Å²) in [6.45, 7) is 5.40. The van der Waals surface area contributed by atoms with Gasteiger partial charge in [0.1, 0.15) is 6.04 Å². The van der Waals surface area contributed by atoms with Gasteiger partial charge in [0.25, 0.3) is 0 Å². The van der Waals surface area contributed by atoms with Gasteiger partial charge >= 0.3 is 0 Å². The van der Waals surface area contributed by atoms with E-state index in [-0.39, 0.29) is 17.9 Å². The molecule has 2 fully saturated rings. The molecule has 1 saturated heterocycles. The average Bonchev–Trinajstić information content (AvgIpc) is 3.04. The first-order chi connectivity index (χ1) is 8.06. The highest BCUT2D eigenvalue weighted by Crippen LogP contribution is 2.50. The van der Waals surface area contributed by atoms with Gasteiger partial charge in [0, 0.05) is 19.5 Å². The Balaban J connectivity index is 1.99. The molecule has 0 aromatic heterocycles. The van der Waals surface area contributed by atoms with Crippen LogP contribution in [0.2, 0.25) is 0 Å². The molecule has 1 unspecified atom stereocenters. The van der Waals surface area contributed by atoms with E-state index in [0.29, 0.717) is 18.4 Å². The summed E-state index contributed by atoms with van der Waals surface area (Å²) in [6.07, 6.45) is 5.29. The van der Waals surface area contributed by atoms with Crippen molar-refractivity contribution in [2.24, 2.45) is 5.41 Å². The number of nitrogens with one attached hydrogen (secondary N) is 1. The molecule has 0 aromatic rings. The molecule has 0 spiro atoms. The Morgan fingerprint density at radius 1 is 1.41 bits per heavy atom. The van der Waals surface area contributed by atoms with Crippen molar-refractivity contribution in [3.05, 3.63) is 0 Å². The van der Waals surface area contributed by atoms with Crippen LogP contribution in [0.25, 0.3) is 0 Å². The molecule has 0 aromatic carbocycles. The summed E-state index contributed by atoms with van der Waals surface area (Å²) in [5, 5.41) is 2.73. The van der Waals surface area contributed by atoms with E-state index in [9.17, 15) is 9.59 Å². The predicted molar refractivity (Wildman–Crippen MR) is 65.4 cm³/mol. The van der Waals surface area contributed by atoms with Crippen LogP contribution in [0.15, 0.2) is 0 Å². The fourth-order valence-electron chi connectivity index (χ4n) is 2.75. The zero-order valence-electron chi connectivity index (χ0n) is 10.8. The largest absolute Gasteiger partial charge is 0.345 e. The standard InChI is InChI=1S/C13H22N2O2/c1-3-5-13(6-7-13)9-15-8-4-11(16)14-10(2)12(15)17/h10H,3-9H2,1-2H3,(H,14,16). The lowest BCUT2D eigenvalue weighted by molar-refractivity contribution is -0.133. The third-order valence-corrected chi connectivity index (χ3v) is 3.93. The van der Waals surface area contributed by atoms with Crippen molar-refractivity contribution in [2.75, 3.05) is 13.1 Å². The summed E-state index contributed by atoms with van der Waals surface area (Å²) in [5.74, 6) is 0.0758. The fraction of sp³-hybridized carbons (Fsp3) is 0.846. The molecule has 1 aliphatic heterocycles. The lowest BCUT2D eigenvalue weighted by atomic mass is 9.99. The Morgan fingerprint density at radius 2 is 2.12 bits per heavy atom. The summed E-state index contributed by atoms with van der Waals surface area (Å²) in [7, 11) is 0. The van der Waals surface area contributed by atoms with E-state index < -0.39 is 0 Å². The second kappa shape index (κ2) is 4.67. The highest BCUT2D eigenvalue weighted by molar-refractivity contribution is 5.89. The maximum Gasteiger partial charge on any atom is 0.244 e. The van der Waals surface area contributed by atoms with Crippen LogP contribution in [0, 0.1) is 5.41 Å². The Hall–Kier alpha value is -1.06. The molecule has 1 saturated carbocycles. The van der Waals surface area contributed by atoms with Gasteiger partial charge in [0.15, 0.2) is 0 Å². The van der Waals surface area contributed by atoms with Crippen LogP contribution in [0.4, 0.5) is 0 Å². The van der Waals surface area contributed by atoms with Crippen molar-refractivity contribution >= 4 is 11.8 Å². The monoisotopic (exact) mass is 238 g/mol. The number of nitrogens with zero attached hydrogens (tertiary/aromatic N) is 1. The van der Waals surface area contributed by atoms with Crippen LogP contribution in [0.5, 0.6) is 0 Å². The van der Waals surface area contributed by atoms with Crippen LogP contribution < -0.4 is 5.32 Å². The van der Waals surface area contributed by atoms with Crippen molar-refractivity contribution in [1.29, 1.82) is 0 Å². The first-order valence-electron chi connectivity index (χ1n) is 6.64. The van der Waals surface area contributed by atoms with Gasteiger partial charge in [-0.15, -0.1) is 0 Å². The van der Waals surface area contributed by atoms with E-state index in [4.69, 9.17) is 0 Å². The SMILES string of the molecule is CCCC1(CN2CCC(=O)NC(C)C2=O)CC1. The summed E-state index contributed by atoms with van der Waals surface area (Å²) in [6, 6.07) is -0.359. The van der Waals surface area contributed by atoms with Crippen LogP contribution >= 0.6 is 0 Å². The van der Waals surface area contributed by atoms with E-state index in [0.717, 1.165) is 6.54 Å². The van der Waals surface area contributed by atoms with Crippen molar-refractivity contribution in [3.8, 4) is 0 Å². The smallest absolute Gasteiger partial charge is 0.244 e.